The Labute approximate surface area is 112 Å². The molecule has 1 aromatic rings. The molecule has 1 aromatic carbocycles. The fourth-order valence-corrected chi connectivity index (χ4v) is 1.82. The SMILES string of the molecule is CC[C@@H](C)[C@H](NC(=O)c1ccccc1Cl)C(N)=O. The van der Waals surface area contributed by atoms with Crippen LogP contribution < -0.4 is 11.1 Å². The largest absolute Gasteiger partial charge is 0.368 e. The van der Waals surface area contributed by atoms with E-state index in [1.54, 1.807) is 24.3 Å². The molecule has 0 aromatic heterocycles. The Hall–Kier alpha value is -1.55. The summed E-state index contributed by atoms with van der Waals surface area (Å²) >= 11 is 5.92. The summed E-state index contributed by atoms with van der Waals surface area (Å²) in [4.78, 5) is 23.3. The number of halogens is 1. The van der Waals surface area contributed by atoms with E-state index in [9.17, 15) is 9.59 Å². The van der Waals surface area contributed by atoms with Gasteiger partial charge in [0.15, 0.2) is 0 Å². The molecule has 0 spiro atoms. The highest BCUT2D eigenvalue weighted by molar-refractivity contribution is 6.33. The van der Waals surface area contributed by atoms with Crippen LogP contribution in [0.15, 0.2) is 24.3 Å². The van der Waals surface area contributed by atoms with Gasteiger partial charge in [0.25, 0.3) is 5.91 Å². The summed E-state index contributed by atoms with van der Waals surface area (Å²) in [5, 5.41) is 2.98. The number of primary amides is 1. The standard InChI is InChI=1S/C13H17ClN2O2/c1-3-8(2)11(12(15)17)16-13(18)9-6-4-5-7-10(9)14/h4-8,11H,3H2,1-2H3,(H2,15,17)(H,16,18)/t8-,11+/m1/s1. The maximum atomic E-state index is 12.0. The molecule has 2 atom stereocenters. The number of carbonyl (C=O) groups excluding carboxylic acids is 2. The third kappa shape index (κ3) is 3.47. The quantitative estimate of drug-likeness (QED) is 0.857. The van der Waals surface area contributed by atoms with Crippen LogP contribution in [0, 0.1) is 5.92 Å². The third-order valence-electron chi connectivity index (χ3n) is 2.92. The zero-order valence-corrected chi connectivity index (χ0v) is 11.2. The van der Waals surface area contributed by atoms with Gasteiger partial charge in [0.1, 0.15) is 6.04 Å². The fourth-order valence-electron chi connectivity index (χ4n) is 1.59. The molecule has 4 nitrogen and oxygen atoms in total. The first-order chi connectivity index (χ1) is 8.47. The molecule has 0 saturated carbocycles. The molecular weight excluding hydrogens is 252 g/mol. The van der Waals surface area contributed by atoms with Gasteiger partial charge in [-0.15, -0.1) is 0 Å². The summed E-state index contributed by atoms with van der Waals surface area (Å²) in [6.07, 6.45) is 0.746. The lowest BCUT2D eigenvalue weighted by Gasteiger charge is -2.21. The minimum absolute atomic E-state index is 0.0195. The van der Waals surface area contributed by atoms with Gasteiger partial charge < -0.3 is 11.1 Å². The monoisotopic (exact) mass is 268 g/mol. The van der Waals surface area contributed by atoms with Crippen LogP contribution in [0.3, 0.4) is 0 Å². The molecular formula is C13H17ClN2O2. The van der Waals surface area contributed by atoms with Crippen molar-refractivity contribution in [1.82, 2.24) is 5.32 Å². The van der Waals surface area contributed by atoms with E-state index in [0.717, 1.165) is 6.42 Å². The van der Waals surface area contributed by atoms with E-state index < -0.39 is 11.9 Å². The lowest BCUT2D eigenvalue weighted by atomic mass is 9.98. The Balaban J connectivity index is 2.86. The van der Waals surface area contributed by atoms with Crippen molar-refractivity contribution in [3.63, 3.8) is 0 Å². The van der Waals surface area contributed by atoms with Gasteiger partial charge in [-0.2, -0.15) is 0 Å². The lowest BCUT2D eigenvalue weighted by Crippen LogP contribution is -2.48. The summed E-state index contributed by atoms with van der Waals surface area (Å²) in [5.41, 5.74) is 5.63. The van der Waals surface area contributed by atoms with E-state index in [4.69, 9.17) is 17.3 Å². The number of hydrogen-bond donors (Lipinski definition) is 2. The van der Waals surface area contributed by atoms with Crippen molar-refractivity contribution in [1.29, 1.82) is 0 Å². The molecule has 1 rings (SSSR count). The van der Waals surface area contributed by atoms with Crippen molar-refractivity contribution in [2.75, 3.05) is 0 Å². The van der Waals surface area contributed by atoms with E-state index >= 15 is 0 Å². The maximum absolute atomic E-state index is 12.0. The number of hydrogen-bond acceptors (Lipinski definition) is 2. The number of benzene rings is 1. The molecule has 0 aliphatic carbocycles. The zero-order chi connectivity index (χ0) is 13.7. The molecule has 2 amide bonds. The average Bonchev–Trinajstić information content (AvgIpc) is 2.35. The summed E-state index contributed by atoms with van der Waals surface area (Å²) in [7, 11) is 0. The second-order valence-electron chi connectivity index (χ2n) is 4.22. The molecule has 0 fully saturated rings. The molecule has 0 aliphatic rings. The predicted octanol–water partition coefficient (Wildman–Crippen LogP) is 1.97. The van der Waals surface area contributed by atoms with Gasteiger partial charge in [-0.05, 0) is 18.1 Å². The van der Waals surface area contributed by atoms with Crippen LogP contribution >= 0.6 is 11.6 Å². The van der Waals surface area contributed by atoms with Crippen molar-refractivity contribution in [3.8, 4) is 0 Å². The number of nitrogens with one attached hydrogen (secondary N) is 1. The van der Waals surface area contributed by atoms with Gasteiger partial charge >= 0.3 is 0 Å². The Morgan fingerprint density at radius 2 is 2.00 bits per heavy atom. The summed E-state index contributed by atoms with van der Waals surface area (Å²) in [6.45, 7) is 3.80. The first-order valence-corrected chi connectivity index (χ1v) is 6.19. The smallest absolute Gasteiger partial charge is 0.253 e. The molecule has 0 aliphatic heterocycles. The van der Waals surface area contributed by atoms with E-state index in [0.29, 0.717) is 10.6 Å². The van der Waals surface area contributed by atoms with E-state index in [-0.39, 0.29) is 11.8 Å². The van der Waals surface area contributed by atoms with Crippen LogP contribution in [0.5, 0.6) is 0 Å². The minimum atomic E-state index is -0.682. The molecule has 5 heteroatoms. The summed E-state index contributed by atoms with van der Waals surface area (Å²) in [5.74, 6) is -0.941. The van der Waals surface area contributed by atoms with Gasteiger partial charge in [-0.1, -0.05) is 44.0 Å². The molecule has 0 bridgehead atoms. The molecule has 18 heavy (non-hydrogen) atoms. The molecule has 98 valence electrons. The van der Waals surface area contributed by atoms with Crippen molar-refractivity contribution >= 4 is 23.4 Å². The van der Waals surface area contributed by atoms with Gasteiger partial charge in [-0.3, -0.25) is 9.59 Å². The van der Waals surface area contributed by atoms with Gasteiger partial charge in [0.2, 0.25) is 5.91 Å². The normalized spacial score (nSPS) is 13.7. The van der Waals surface area contributed by atoms with Gasteiger partial charge in [0, 0.05) is 0 Å². The predicted molar refractivity (Wildman–Crippen MR) is 71.4 cm³/mol. The first-order valence-electron chi connectivity index (χ1n) is 5.82. The Morgan fingerprint density at radius 1 is 1.39 bits per heavy atom. The topological polar surface area (TPSA) is 72.2 Å². The highest BCUT2D eigenvalue weighted by Crippen LogP contribution is 2.16. The van der Waals surface area contributed by atoms with E-state index in [1.807, 2.05) is 13.8 Å². The molecule has 0 unspecified atom stereocenters. The fraction of sp³-hybridized carbons (Fsp3) is 0.385. The van der Waals surface area contributed by atoms with Crippen LogP contribution in [0.1, 0.15) is 30.6 Å². The highest BCUT2D eigenvalue weighted by atomic mass is 35.5. The lowest BCUT2D eigenvalue weighted by molar-refractivity contribution is -0.120. The molecule has 0 radical (unpaired) electrons. The van der Waals surface area contributed by atoms with Crippen LogP contribution in [-0.2, 0) is 4.79 Å². The number of amides is 2. The van der Waals surface area contributed by atoms with Crippen LogP contribution in [-0.4, -0.2) is 17.9 Å². The zero-order valence-electron chi connectivity index (χ0n) is 10.4. The van der Waals surface area contributed by atoms with E-state index in [1.165, 1.54) is 0 Å². The first kappa shape index (κ1) is 14.5. The Bertz CT molecular complexity index is 448. The van der Waals surface area contributed by atoms with Crippen molar-refractivity contribution in [2.24, 2.45) is 11.7 Å². The minimum Gasteiger partial charge on any atom is -0.368 e. The second kappa shape index (κ2) is 6.40. The van der Waals surface area contributed by atoms with Crippen LogP contribution in [0.25, 0.3) is 0 Å². The number of rotatable bonds is 5. The number of carbonyl (C=O) groups is 2. The van der Waals surface area contributed by atoms with Crippen LogP contribution in [0.2, 0.25) is 5.02 Å². The average molecular weight is 269 g/mol. The third-order valence-corrected chi connectivity index (χ3v) is 3.25. The molecule has 3 N–H and O–H groups in total. The number of nitrogens with two attached hydrogens (primary N) is 1. The summed E-state index contributed by atoms with van der Waals surface area (Å²) < 4.78 is 0. The highest BCUT2D eigenvalue weighted by Gasteiger charge is 2.24. The van der Waals surface area contributed by atoms with Gasteiger partial charge in [0.05, 0.1) is 10.6 Å². The van der Waals surface area contributed by atoms with E-state index in [2.05, 4.69) is 5.32 Å². The summed E-state index contributed by atoms with van der Waals surface area (Å²) in [6, 6.07) is 5.99. The van der Waals surface area contributed by atoms with Crippen LogP contribution in [0.4, 0.5) is 0 Å². The van der Waals surface area contributed by atoms with Crippen molar-refractivity contribution < 1.29 is 9.59 Å². The van der Waals surface area contributed by atoms with Crippen molar-refractivity contribution in [3.05, 3.63) is 34.9 Å². The molecule has 0 saturated heterocycles. The van der Waals surface area contributed by atoms with Crippen molar-refractivity contribution in [2.45, 2.75) is 26.3 Å². The maximum Gasteiger partial charge on any atom is 0.253 e. The Kier molecular flexibility index (Phi) is 5.16. The molecule has 0 heterocycles. The second-order valence-corrected chi connectivity index (χ2v) is 4.63. The Morgan fingerprint density at radius 3 is 2.50 bits per heavy atom. The van der Waals surface area contributed by atoms with Gasteiger partial charge in [-0.25, -0.2) is 0 Å².